The van der Waals surface area contributed by atoms with Crippen molar-refractivity contribution in [2.24, 2.45) is 4.99 Å². The van der Waals surface area contributed by atoms with Crippen LogP contribution in [-0.4, -0.2) is 25.6 Å². The molecule has 5 heteroatoms. The molecule has 0 bridgehead atoms. The number of ether oxygens (including phenoxy) is 1. The number of aliphatic imine (C=N–C) groups is 1. The molecule has 18 heavy (non-hydrogen) atoms. The average molecular weight is 252 g/mol. The molecule has 5 nitrogen and oxygen atoms in total. The second-order valence-electron chi connectivity index (χ2n) is 3.88. The fourth-order valence-electron chi connectivity index (χ4n) is 1.44. The van der Waals surface area contributed by atoms with Crippen LogP contribution in [0, 0.1) is 0 Å². The Labute approximate surface area is 107 Å². The number of amides is 1. The molecular weight excluding hydrogens is 232 g/mol. The zero-order valence-electron chi connectivity index (χ0n) is 10.9. The highest BCUT2D eigenvalue weighted by Crippen LogP contribution is 2.00. The maximum atomic E-state index is 11.6. The van der Waals surface area contributed by atoms with Crippen LogP contribution >= 0.6 is 0 Å². The number of rotatable bonds is 6. The number of carbonyl (C=O) groups is 1. The minimum absolute atomic E-state index is 0.230. The second-order valence-corrected chi connectivity index (χ2v) is 3.88. The number of methoxy groups -OCH3 is 1. The second kappa shape index (κ2) is 8.33. The van der Waals surface area contributed by atoms with E-state index in [1.54, 1.807) is 12.1 Å². The Morgan fingerprint density at radius 3 is 2.89 bits per heavy atom. The Bertz CT molecular complexity index is 372. The third-order valence-electron chi connectivity index (χ3n) is 2.43. The summed E-state index contributed by atoms with van der Waals surface area (Å²) in [7, 11) is 1.48. The van der Waals surface area contributed by atoms with Crippen LogP contribution in [-0.2, 0) is 4.74 Å². The van der Waals surface area contributed by atoms with E-state index in [-0.39, 0.29) is 17.7 Å². The van der Waals surface area contributed by atoms with Crippen LogP contribution in [0.3, 0.4) is 0 Å². The first-order valence-corrected chi connectivity index (χ1v) is 6.21. The molecule has 0 spiro atoms. The molecule has 1 heterocycles. The number of unbranched alkanes of at least 4 members (excludes halogenated alkanes) is 3. The van der Waals surface area contributed by atoms with Crippen molar-refractivity contribution in [1.29, 1.82) is 0 Å². The van der Waals surface area contributed by atoms with E-state index in [9.17, 15) is 4.79 Å². The fraction of sp³-hybridized carbons (Fsp3) is 0.538. The van der Waals surface area contributed by atoms with Gasteiger partial charge in [0.25, 0.3) is 11.9 Å². The van der Waals surface area contributed by atoms with Gasteiger partial charge < -0.3 is 9.15 Å². The lowest BCUT2D eigenvalue weighted by Crippen LogP contribution is -2.31. The van der Waals surface area contributed by atoms with Crippen molar-refractivity contribution in [3.8, 4) is 0 Å². The van der Waals surface area contributed by atoms with E-state index in [2.05, 4.69) is 17.2 Å². The zero-order chi connectivity index (χ0) is 13.2. The van der Waals surface area contributed by atoms with Gasteiger partial charge in [-0.05, 0) is 18.6 Å². The molecule has 0 saturated heterocycles. The van der Waals surface area contributed by atoms with Crippen molar-refractivity contribution in [2.75, 3.05) is 13.7 Å². The smallest absolute Gasteiger partial charge is 0.294 e. The summed E-state index contributed by atoms with van der Waals surface area (Å²) < 4.78 is 9.98. The van der Waals surface area contributed by atoms with Crippen LogP contribution in [0.15, 0.2) is 27.8 Å². The summed E-state index contributed by atoms with van der Waals surface area (Å²) in [5.74, 6) is -0.111. The Kier molecular flexibility index (Phi) is 6.61. The van der Waals surface area contributed by atoms with Gasteiger partial charge in [0.1, 0.15) is 0 Å². The van der Waals surface area contributed by atoms with E-state index in [0.29, 0.717) is 6.54 Å². The molecule has 0 aromatic carbocycles. The van der Waals surface area contributed by atoms with E-state index in [4.69, 9.17) is 9.15 Å². The highest BCUT2D eigenvalue weighted by Gasteiger charge is 2.10. The monoisotopic (exact) mass is 252 g/mol. The maximum Gasteiger partial charge on any atom is 0.294 e. The van der Waals surface area contributed by atoms with E-state index >= 15 is 0 Å². The van der Waals surface area contributed by atoms with Crippen LogP contribution in [0.2, 0.25) is 0 Å². The van der Waals surface area contributed by atoms with E-state index < -0.39 is 0 Å². The lowest BCUT2D eigenvalue weighted by atomic mass is 10.2. The van der Waals surface area contributed by atoms with Crippen molar-refractivity contribution >= 4 is 11.9 Å². The molecule has 0 aliphatic heterocycles. The molecule has 0 saturated carbocycles. The molecule has 0 aliphatic rings. The van der Waals surface area contributed by atoms with Gasteiger partial charge in [-0.2, -0.15) is 0 Å². The summed E-state index contributed by atoms with van der Waals surface area (Å²) in [4.78, 5) is 15.8. The van der Waals surface area contributed by atoms with Crippen LogP contribution in [0.25, 0.3) is 0 Å². The number of nitrogens with one attached hydrogen (secondary N) is 1. The van der Waals surface area contributed by atoms with Gasteiger partial charge in [0.05, 0.1) is 13.4 Å². The van der Waals surface area contributed by atoms with Crippen molar-refractivity contribution in [1.82, 2.24) is 5.32 Å². The SMILES string of the molecule is CCCCCCN=C(NC(=O)c1ccco1)OC. The summed E-state index contributed by atoms with van der Waals surface area (Å²) in [6.07, 6.45) is 5.98. The van der Waals surface area contributed by atoms with E-state index in [1.807, 2.05) is 0 Å². The Balaban J connectivity index is 2.36. The molecule has 100 valence electrons. The maximum absolute atomic E-state index is 11.6. The Hall–Kier alpha value is -1.78. The van der Waals surface area contributed by atoms with Gasteiger partial charge in [-0.1, -0.05) is 26.2 Å². The van der Waals surface area contributed by atoms with Gasteiger partial charge in [0.2, 0.25) is 0 Å². The number of amidine groups is 1. The lowest BCUT2D eigenvalue weighted by molar-refractivity contribution is 0.0941. The number of carbonyl (C=O) groups excluding carboxylic acids is 1. The molecule has 1 aromatic heterocycles. The topological polar surface area (TPSA) is 63.8 Å². The van der Waals surface area contributed by atoms with E-state index in [1.165, 1.54) is 26.2 Å². The fourth-order valence-corrected chi connectivity index (χ4v) is 1.44. The molecule has 1 amide bonds. The van der Waals surface area contributed by atoms with Crippen LogP contribution < -0.4 is 5.32 Å². The predicted molar refractivity (Wildman–Crippen MR) is 69.6 cm³/mol. The molecule has 0 aliphatic carbocycles. The highest BCUT2D eigenvalue weighted by molar-refractivity contribution is 6.02. The molecule has 0 fully saturated rings. The van der Waals surface area contributed by atoms with Crippen molar-refractivity contribution in [3.05, 3.63) is 24.2 Å². The van der Waals surface area contributed by atoms with Crippen LogP contribution in [0.4, 0.5) is 0 Å². The van der Waals surface area contributed by atoms with Gasteiger partial charge >= 0.3 is 0 Å². The quantitative estimate of drug-likeness (QED) is 0.481. The molecule has 0 radical (unpaired) electrons. The first-order chi connectivity index (χ1) is 8.77. The van der Waals surface area contributed by atoms with E-state index in [0.717, 1.165) is 12.8 Å². The molecule has 1 aromatic rings. The third-order valence-corrected chi connectivity index (χ3v) is 2.43. The van der Waals surface area contributed by atoms with Gasteiger partial charge in [-0.3, -0.25) is 10.1 Å². The first kappa shape index (κ1) is 14.3. The summed E-state index contributed by atoms with van der Waals surface area (Å²) in [5.41, 5.74) is 0. The normalized spacial score (nSPS) is 11.3. The summed E-state index contributed by atoms with van der Waals surface area (Å²) >= 11 is 0. The number of nitrogens with zero attached hydrogens (tertiary/aromatic N) is 1. The standard InChI is InChI=1S/C13H20N2O3/c1-3-4-5-6-9-14-13(17-2)15-12(16)11-8-7-10-18-11/h7-8,10H,3-6,9H2,1-2H3,(H,14,15,16). The van der Waals surface area contributed by atoms with Crippen LogP contribution in [0.1, 0.15) is 43.2 Å². The first-order valence-electron chi connectivity index (χ1n) is 6.21. The summed E-state index contributed by atoms with van der Waals surface area (Å²) in [5, 5.41) is 2.56. The zero-order valence-corrected chi connectivity index (χ0v) is 10.9. The van der Waals surface area contributed by atoms with Crippen molar-refractivity contribution in [3.63, 3.8) is 0 Å². The molecular formula is C13H20N2O3. The largest absolute Gasteiger partial charge is 0.468 e. The Morgan fingerprint density at radius 2 is 2.28 bits per heavy atom. The predicted octanol–water partition coefficient (Wildman–Crippen LogP) is 2.59. The molecule has 0 unspecified atom stereocenters. The van der Waals surface area contributed by atoms with Crippen molar-refractivity contribution < 1.29 is 13.9 Å². The lowest BCUT2D eigenvalue weighted by Gasteiger charge is -2.05. The summed E-state index contributed by atoms with van der Waals surface area (Å²) in [6.45, 7) is 2.81. The minimum Gasteiger partial charge on any atom is -0.468 e. The van der Waals surface area contributed by atoms with Gasteiger partial charge in [-0.15, -0.1) is 0 Å². The van der Waals surface area contributed by atoms with Gasteiger partial charge in [0, 0.05) is 6.54 Å². The Morgan fingerprint density at radius 1 is 1.44 bits per heavy atom. The molecule has 1 N–H and O–H groups in total. The van der Waals surface area contributed by atoms with Gasteiger partial charge in [0.15, 0.2) is 5.76 Å². The number of hydrogen-bond acceptors (Lipinski definition) is 4. The average Bonchev–Trinajstić information content (AvgIpc) is 2.91. The minimum atomic E-state index is -0.353. The summed E-state index contributed by atoms with van der Waals surface area (Å²) in [6, 6.07) is 3.47. The number of hydrogen-bond donors (Lipinski definition) is 1. The molecule has 0 atom stereocenters. The van der Waals surface area contributed by atoms with Crippen molar-refractivity contribution in [2.45, 2.75) is 32.6 Å². The van der Waals surface area contributed by atoms with Gasteiger partial charge in [-0.25, -0.2) is 4.99 Å². The highest BCUT2D eigenvalue weighted by atomic mass is 16.5. The third kappa shape index (κ3) is 5.03. The van der Waals surface area contributed by atoms with Crippen LogP contribution in [0.5, 0.6) is 0 Å². The number of furan rings is 1. The molecule has 1 rings (SSSR count).